The van der Waals surface area contributed by atoms with E-state index in [2.05, 4.69) is 25.7 Å². The summed E-state index contributed by atoms with van der Waals surface area (Å²) in [7, 11) is 0. The molecule has 0 fully saturated rings. The van der Waals surface area contributed by atoms with Crippen molar-refractivity contribution in [3.63, 3.8) is 0 Å². The lowest BCUT2D eigenvalue weighted by atomic mass is 10.2. The van der Waals surface area contributed by atoms with Gasteiger partial charge in [-0.3, -0.25) is 4.79 Å². The number of para-hydroxylation sites is 1. The van der Waals surface area contributed by atoms with Gasteiger partial charge in [0.25, 0.3) is 5.91 Å². The molecule has 10 heteroatoms. The van der Waals surface area contributed by atoms with Gasteiger partial charge < -0.3 is 20.7 Å². The Bertz CT molecular complexity index is 1040. The molecule has 0 aliphatic rings. The Balaban J connectivity index is 1.57. The highest BCUT2D eigenvalue weighted by atomic mass is 19.4. The summed E-state index contributed by atoms with van der Waals surface area (Å²) in [5.74, 6) is -0.773. The van der Waals surface area contributed by atoms with E-state index >= 15 is 0 Å². The van der Waals surface area contributed by atoms with Gasteiger partial charge >= 0.3 is 12.2 Å². The number of alkyl halides is 3. The summed E-state index contributed by atoms with van der Waals surface area (Å²) >= 11 is 0. The monoisotopic (exact) mass is 430 g/mol. The standard InChI is InChI=1S/C21H17F3N4O3/c22-21(23,24)13-31-18-10-9-14(12-25-18)19(29)26-16-7-4-8-17(11-16)28-20(30)27-15-5-2-1-3-6-15/h1-12H,13H2,(H,26,29)(H2,27,28,30). The van der Waals surface area contributed by atoms with E-state index in [9.17, 15) is 22.8 Å². The average molecular weight is 430 g/mol. The molecule has 160 valence electrons. The number of pyridine rings is 1. The van der Waals surface area contributed by atoms with Gasteiger partial charge in [0, 0.05) is 29.3 Å². The molecule has 1 heterocycles. The molecule has 0 radical (unpaired) electrons. The minimum absolute atomic E-state index is 0.125. The molecule has 0 aliphatic carbocycles. The van der Waals surface area contributed by atoms with E-state index in [1.54, 1.807) is 48.5 Å². The number of carbonyl (C=O) groups is 2. The maximum atomic E-state index is 12.3. The van der Waals surface area contributed by atoms with Crippen LogP contribution in [-0.4, -0.2) is 29.7 Å². The maximum Gasteiger partial charge on any atom is 0.422 e. The van der Waals surface area contributed by atoms with Crippen LogP contribution in [0.15, 0.2) is 72.9 Å². The van der Waals surface area contributed by atoms with Gasteiger partial charge in [0.2, 0.25) is 5.88 Å². The van der Waals surface area contributed by atoms with Gasteiger partial charge in [-0.05, 0) is 36.4 Å². The molecule has 0 atom stereocenters. The first-order chi connectivity index (χ1) is 14.8. The molecule has 3 N–H and O–H groups in total. The summed E-state index contributed by atoms with van der Waals surface area (Å²) < 4.78 is 41.0. The van der Waals surface area contributed by atoms with Crippen LogP contribution in [0.3, 0.4) is 0 Å². The van der Waals surface area contributed by atoms with Crippen molar-refractivity contribution in [1.82, 2.24) is 4.98 Å². The minimum atomic E-state index is -4.48. The van der Waals surface area contributed by atoms with Gasteiger partial charge in [-0.25, -0.2) is 9.78 Å². The molecule has 3 rings (SSSR count). The van der Waals surface area contributed by atoms with Gasteiger partial charge in [-0.1, -0.05) is 24.3 Å². The molecule has 7 nitrogen and oxygen atoms in total. The van der Waals surface area contributed by atoms with Crippen LogP contribution < -0.4 is 20.7 Å². The highest BCUT2D eigenvalue weighted by Crippen LogP contribution is 2.19. The molecule has 2 aromatic carbocycles. The summed E-state index contributed by atoms with van der Waals surface area (Å²) in [6.45, 7) is -1.47. The number of amides is 3. The fourth-order valence-electron chi connectivity index (χ4n) is 2.45. The van der Waals surface area contributed by atoms with Gasteiger partial charge in [-0.15, -0.1) is 0 Å². The quantitative estimate of drug-likeness (QED) is 0.518. The average Bonchev–Trinajstić information content (AvgIpc) is 2.73. The van der Waals surface area contributed by atoms with E-state index in [-0.39, 0.29) is 11.4 Å². The van der Waals surface area contributed by atoms with E-state index in [0.29, 0.717) is 17.1 Å². The van der Waals surface area contributed by atoms with Crippen LogP contribution in [0.1, 0.15) is 10.4 Å². The summed E-state index contributed by atoms with van der Waals surface area (Å²) in [6, 6.07) is 17.4. The lowest BCUT2D eigenvalue weighted by Gasteiger charge is -2.10. The fourth-order valence-corrected chi connectivity index (χ4v) is 2.45. The molecule has 0 bridgehead atoms. The molecule has 3 amide bonds. The highest BCUT2D eigenvalue weighted by molar-refractivity contribution is 6.05. The zero-order chi connectivity index (χ0) is 22.3. The molecule has 0 saturated heterocycles. The Morgan fingerprint density at radius 1 is 0.839 bits per heavy atom. The van der Waals surface area contributed by atoms with Gasteiger partial charge in [0.15, 0.2) is 6.61 Å². The number of benzene rings is 2. The number of nitrogens with one attached hydrogen (secondary N) is 3. The van der Waals surface area contributed by atoms with Crippen molar-refractivity contribution >= 4 is 29.0 Å². The number of anilines is 3. The lowest BCUT2D eigenvalue weighted by molar-refractivity contribution is -0.154. The molecular formula is C21H17F3N4O3. The second-order valence-electron chi connectivity index (χ2n) is 6.27. The lowest BCUT2D eigenvalue weighted by Crippen LogP contribution is -2.20. The number of halogens is 3. The second kappa shape index (κ2) is 9.61. The Hall–Kier alpha value is -4.08. The summed E-state index contributed by atoms with van der Waals surface area (Å²) in [6.07, 6.45) is -3.37. The Morgan fingerprint density at radius 2 is 1.48 bits per heavy atom. The number of hydrogen-bond donors (Lipinski definition) is 3. The minimum Gasteiger partial charge on any atom is -0.468 e. The Kier molecular flexibility index (Phi) is 6.71. The first kappa shape index (κ1) is 21.6. The predicted molar refractivity (Wildman–Crippen MR) is 109 cm³/mol. The van der Waals surface area contributed by atoms with Crippen LogP contribution in [0.5, 0.6) is 5.88 Å². The van der Waals surface area contributed by atoms with E-state index in [0.717, 1.165) is 6.20 Å². The third-order valence-corrected chi connectivity index (χ3v) is 3.79. The molecule has 0 saturated carbocycles. The molecule has 31 heavy (non-hydrogen) atoms. The normalized spacial score (nSPS) is 10.8. The van der Waals surface area contributed by atoms with E-state index in [1.165, 1.54) is 12.1 Å². The predicted octanol–water partition coefficient (Wildman–Crippen LogP) is 4.92. The Morgan fingerprint density at radius 3 is 2.13 bits per heavy atom. The van der Waals surface area contributed by atoms with Crippen molar-refractivity contribution in [2.45, 2.75) is 6.18 Å². The summed E-state index contributed by atoms with van der Waals surface area (Å²) in [5, 5.41) is 7.95. The van der Waals surface area contributed by atoms with Crippen molar-refractivity contribution in [3.8, 4) is 5.88 Å². The van der Waals surface area contributed by atoms with Gasteiger partial charge in [0.05, 0.1) is 5.56 Å². The number of urea groups is 1. The van der Waals surface area contributed by atoms with E-state index in [1.807, 2.05) is 6.07 Å². The molecule has 0 aliphatic heterocycles. The SMILES string of the molecule is O=C(Nc1ccccc1)Nc1cccc(NC(=O)c2ccc(OCC(F)(F)F)nc2)c1. The number of nitrogens with zero attached hydrogens (tertiary/aromatic N) is 1. The van der Waals surface area contributed by atoms with Crippen LogP contribution in [0.2, 0.25) is 0 Å². The zero-order valence-electron chi connectivity index (χ0n) is 15.9. The smallest absolute Gasteiger partial charge is 0.422 e. The fraction of sp³-hybridized carbons (Fsp3) is 0.0952. The van der Waals surface area contributed by atoms with E-state index in [4.69, 9.17) is 0 Å². The zero-order valence-corrected chi connectivity index (χ0v) is 15.9. The second-order valence-corrected chi connectivity index (χ2v) is 6.27. The van der Waals surface area contributed by atoms with Crippen molar-refractivity contribution in [3.05, 3.63) is 78.5 Å². The number of rotatable bonds is 6. The first-order valence-electron chi connectivity index (χ1n) is 8.98. The van der Waals surface area contributed by atoms with Crippen molar-refractivity contribution in [2.75, 3.05) is 22.6 Å². The largest absolute Gasteiger partial charge is 0.468 e. The number of aromatic nitrogens is 1. The Labute approximate surface area is 175 Å². The maximum absolute atomic E-state index is 12.3. The van der Waals surface area contributed by atoms with Crippen molar-refractivity contribution in [1.29, 1.82) is 0 Å². The number of carbonyl (C=O) groups excluding carboxylic acids is 2. The van der Waals surface area contributed by atoms with Crippen LogP contribution >= 0.6 is 0 Å². The summed E-state index contributed by atoms with van der Waals surface area (Å²) in [4.78, 5) is 28.1. The molecule has 1 aromatic heterocycles. The first-order valence-corrected chi connectivity index (χ1v) is 8.98. The van der Waals surface area contributed by atoms with Gasteiger partial charge in [0.1, 0.15) is 0 Å². The molecule has 0 unspecified atom stereocenters. The van der Waals surface area contributed by atoms with Crippen LogP contribution in [0.25, 0.3) is 0 Å². The van der Waals surface area contributed by atoms with Crippen molar-refractivity contribution < 1.29 is 27.5 Å². The van der Waals surface area contributed by atoms with Crippen LogP contribution in [0, 0.1) is 0 Å². The van der Waals surface area contributed by atoms with Crippen LogP contribution in [0.4, 0.5) is 35.0 Å². The molecule has 3 aromatic rings. The highest BCUT2D eigenvalue weighted by Gasteiger charge is 2.28. The molecular weight excluding hydrogens is 413 g/mol. The third kappa shape index (κ3) is 7.03. The van der Waals surface area contributed by atoms with E-state index < -0.39 is 24.7 Å². The number of ether oxygens (including phenoxy) is 1. The van der Waals surface area contributed by atoms with Crippen molar-refractivity contribution in [2.24, 2.45) is 0 Å². The molecule has 0 spiro atoms. The van der Waals surface area contributed by atoms with Crippen LogP contribution in [-0.2, 0) is 0 Å². The summed E-state index contributed by atoms with van der Waals surface area (Å²) in [5.41, 5.74) is 1.60. The topological polar surface area (TPSA) is 92.4 Å². The third-order valence-electron chi connectivity index (χ3n) is 3.79. The van der Waals surface area contributed by atoms with Gasteiger partial charge in [-0.2, -0.15) is 13.2 Å². The number of hydrogen-bond acceptors (Lipinski definition) is 4.